The van der Waals surface area contributed by atoms with Gasteiger partial charge in [-0.3, -0.25) is 0 Å². The zero-order chi connectivity index (χ0) is 53.0. The first-order chi connectivity index (χ1) is 37.3. The number of aromatic nitrogens is 2. The maximum Gasteiger partial charge on any atom is 0.135 e. The van der Waals surface area contributed by atoms with Gasteiger partial charge in [-0.1, -0.05) is 200 Å². The van der Waals surface area contributed by atoms with Crippen molar-refractivity contribution < 1.29 is 25.8 Å². The van der Waals surface area contributed by atoms with E-state index in [1.807, 2.05) is 18.3 Å². The van der Waals surface area contributed by atoms with Gasteiger partial charge in [0.05, 0.1) is 0 Å². The largest absolute Gasteiger partial charge is 0.509 e. The Balaban J connectivity index is 0.00000645. The van der Waals surface area contributed by atoms with Crippen molar-refractivity contribution in [3.05, 3.63) is 271 Å². The number of fused-ring (bicyclic) bond motifs is 4. The Hall–Kier alpha value is -7.98. The molecule has 0 fully saturated rings. The molecule has 2 aromatic heterocycles. The molecule has 12 rings (SSSR count). The summed E-state index contributed by atoms with van der Waals surface area (Å²) in [4.78, 5) is 9.63. The van der Waals surface area contributed by atoms with Gasteiger partial charge >= 0.3 is 0 Å². The summed E-state index contributed by atoms with van der Waals surface area (Å²) in [6.45, 7) is 20.5. The number of pyridine rings is 1. The predicted octanol–water partition coefficient (Wildman–Crippen LogP) is 19.2. The summed E-state index contributed by atoms with van der Waals surface area (Å²) in [5.74, 6) is 2.69. The molecular formula is C72H63N4OPt-3. The minimum absolute atomic E-state index is 0. The molecule has 0 atom stereocenters. The van der Waals surface area contributed by atoms with E-state index >= 15 is 0 Å². The summed E-state index contributed by atoms with van der Waals surface area (Å²) in [5.41, 5.74) is 18.0. The van der Waals surface area contributed by atoms with Crippen LogP contribution in [0, 0.1) is 18.8 Å². The van der Waals surface area contributed by atoms with Gasteiger partial charge in [0, 0.05) is 72.2 Å². The summed E-state index contributed by atoms with van der Waals surface area (Å²) in [6, 6.07) is 83.6. The first-order valence-corrected chi connectivity index (χ1v) is 27.0. The number of nitrogens with zero attached hydrogens (tertiary/aromatic N) is 4. The minimum Gasteiger partial charge on any atom is -0.509 e. The van der Waals surface area contributed by atoms with Crippen molar-refractivity contribution in [3.63, 3.8) is 0 Å². The maximum atomic E-state index is 6.88. The number of hydrogen-bond donors (Lipinski definition) is 0. The number of hydrogen-bond acceptors (Lipinski definition) is 4. The Bertz CT molecular complexity index is 3930. The van der Waals surface area contributed by atoms with E-state index in [-0.39, 0.29) is 31.9 Å². The Morgan fingerprint density at radius 3 is 1.76 bits per heavy atom. The van der Waals surface area contributed by atoms with E-state index in [0.717, 1.165) is 61.5 Å². The van der Waals surface area contributed by atoms with E-state index < -0.39 is 0 Å². The molecule has 0 aliphatic carbocycles. The second-order valence-electron chi connectivity index (χ2n) is 22.1. The molecule has 390 valence electrons. The van der Waals surface area contributed by atoms with E-state index in [2.05, 4.69) is 289 Å². The molecule has 6 heteroatoms. The average molecular weight is 1200 g/mol. The molecule has 0 amide bonds. The number of anilines is 4. The second kappa shape index (κ2) is 21.1. The fraction of sp³-hybridized carbons (Fsp3) is 0.167. The topological polar surface area (TPSA) is 33.5 Å². The number of benzene rings is 9. The fourth-order valence-electron chi connectivity index (χ4n) is 11.4. The van der Waals surface area contributed by atoms with Crippen molar-refractivity contribution in [1.29, 1.82) is 0 Å². The van der Waals surface area contributed by atoms with Crippen LogP contribution in [0.1, 0.15) is 101 Å². The minimum atomic E-state index is -0.262. The van der Waals surface area contributed by atoms with Gasteiger partial charge in [-0.25, -0.2) is 4.98 Å². The summed E-state index contributed by atoms with van der Waals surface area (Å²) >= 11 is 0. The molecule has 0 saturated carbocycles. The molecule has 0 unspecified atom stereocenters. The van der Waals surface area contributed by atoms with Crippen molar-refractivity contribution >= 4 is 44.6 Å². The molecule has 9 aromatic carbocycles. The van der Waals surface area contributed by atoms with Crippen LogP contribution in [-0.4, -0.2) is 9.55 Å². The van der Waals surface area contributed by atoms with Crippen LogP contribution < -0.4 is 14.5 Å². The van der Waals surface area contributed by atoms with Gasteiger partial charge in [0.25, 0.3) is 0 Å². The molecule has 0 bridgehead atoms. The Kier molecular flexibility index (Phi) is 14.1. The first kappa shape index (κ1) is 52.1. The molecule has 0 radical (unpaired) electrons. The van der Waals surface area contributed by atoms with Crippen molar-refractivity contribution in [2.75, 3.05) is 9.80 Å². The van der Waals surface area contributed by atoms with Crippen molar-refractivity contribution in [3.8, 4) is 39.6 Å². The van der Waals surface area contributed by atoms with Crippen LogP contribution in [0.5, 0.6) is 11.5 Å². The molecule has 1 aliphatic rings. The van der Waals surface area contributed by atoms with Crippen LogP contribution in [0.25, 0.3) is 49.9 Å². The van der Waals surface area contributed by atoms with Gasteiger partial charge in [-0.2, -0.15) is 12.1 Å². The van der Waals surface area contributed by atoms with E-state index in [1.165, 1.54) is 44.5 Å². The monoisotopic (exact) mass is 1190 g/mol. The molecule has 11 aromatic rings. The summed E-state index contributed by atoms with van der Waals surface area (Å²) in [5, 5.41) is 2.18. The quantitative estimate of drug-likeness (QED) is 0.108. The predicted molar refractivity (Wildman–Crippen MR) is 320 cm³/mol. The third kappa shape index (κ3) is 9.53. The Morgan fingerprint density at radius 2 is 1.08 bits per heavy atom. The van der Waals surface area contributed by atoms with Gasteiger partial charge in [-0.05, 0) is 115 Å². The summed E-state index contributed by atoms with van der Waals surface area (Å²) < 4.78 is 9.11. The Labute approximate surface area is 475 Å². The molecular weight excluding hydrogens is 1130 g/mol. The molecule has 0 saturated heterocycles. The van der Waals surface area contributed by atoms with Crippen LogP contribution in [0.15, 0.2) is 219 Å². The van der Waals surface area contributed by atoms with Gasteiger partial charge < -0.3 is 19.1 Å². The molecule has 0 N–H and O–H groups in total. The maximum absolute atomic E-state index is 6.88. The molecule has 78 heavy (non-hydrogen) atoms. The molecule has 3 heterocycles. The fourth-order valence-corrected chi connectivity index (χ4v) is 11.4. The van der Waals surface area contributed by atoms with Crippen LogP contribution >= 0.6 is 0 Å². The van der Waals surface area contributed by atoms with Crippen LogP contribution in [0.2, 0.25) is 0 Å². The molecule has 1 aliphatic heterocycles. The van der Waals surface area contributed by atoms with E-state index in [4.69, 9.17) is 9.72 Å². The first-order valence-electron chi connectivity index (χ1n) is 27.0. The zero-order valence-electron chi connectivity index (χ0n) is 45.5. The van der Waals surface area contributed by atoms with Gasteiger partial charge in [-0.15, -0.1) is 48.1 Å². The number of rotatable bonds is 13. The number of ether oxygens (including phenoxy) is 1. The standard InChI is InChI=1S/C72H63N4O.Pt/c1-48(2)61-31-20-32-62(49(3)4)70(61)52-34-38-66-68(42-52)75(47-74(66)57-28-18-27-55(43-57)71(5,6)53-23-14-10-15-24-53)58-29-19-30-59(45-58)77-60-35-36-63-64-41-51(50-21-12-9-13-22-50)33-37-65(64)76(67(63)46-60)69-44-56(39-40-73-69)72(7,8)54-25-16-11-17-26-54;/h9-44,47-49H,1-8H3;/q-3;. The normalized spacial score (nSPS) is 12.6. The van der Waals surface area contributed by atoms with Gasteiger partial charge in [0.15, 0.2) is 0 Å². The summed E-state index contributed by atoms with van der Waals surface area (Å²) in [7, 11) is 0. The molecule has 0 spiro atoms. The van der Waals surface area contributed by atoms with Crippen molar-refractivity contribution in [2.45, 2.75) is 78.1 Å². The van der Waals surface area contributed by atoms with Crippen LogP contribution in [0.4, 0.5) is 22.7 Å². The van der Waals surface area contributed by atoms with Crippen molar-refractivity contribution in [2.24, 2.45) is 0 Å². The van der Waals surface area contributed by atoms with Gasteiger partial charge in [0.2, 0.25) is 0 Å². The van der Waals surface area contributed by atoms with Gasteiger partial charge in [0.1, 0.15) is 5.82 Å². The van der Waals surface area contributed by atoms with E-state index in [0.29, 0.717) is 23.3 Å². The van der Waals surface area contributed by atoms with Crippen molar-refractivity contribution in [1.82, 2.24) is 9.55 Å². The Morgan fingerprint density at radius 1 is 0.474 bits per heavy atom. The average Bonchev–Trinajstić information content (AvgIpc) is 4.25. The third-order valence-electron chi connectivity index (χ3n) is 15.9. The second-order valence-corrected chi connectivity index (χ2v) is 22.1. The summed E-state index contributed by atoms with van der Waals surface area (Å²) in [6.07, 6.45) is 1.93. The smallest absolute Gasteiger partial charge is 0.135 e. The van der Waals surface area contributed by atoms with Crippen LogP contribution in [-0.2, 0) is 31.9 Å². The van der Waals surface area contributed by atoms with E-state index in [1.54, 1.807) is 0 Å². The third-order valence-corrected chi connectivity index (χ3v) is 15.9. The SMILES string of the molecule is CC(C)c1cccc(C(C)C)c1-c1ccc2c(c1)N(c1[c-]c(Oc3[c-]c4c(cc3)c3cc(-c5ccccc5)ccc3n4-c3cc(C(C)(C)c4ccccc4)ccn3)ccc1)[CH-]N2c1cccc(C(C)(C)c2ccccc2)c1.[Pt]. The van der Waals surface area contributed by atoms with Crippen LogP contribution in [0.3, 0.4) is 0 Å². The van der Waals surface area contributed by atoms with E-state index in [9.17, 15) is 0 Å². The zero-order valence-corrected chi connectivity index (χ0v) is 47.8. The molecule has 5 nitrogen and oxygen atoms in total.